The average molecular weight is 205 g/mol. The molecule has 2 heterocycles. The van der Waals surface area contributed by atoms with Gasteiger partial charge < -0.3 is 15.0 Å². The minimum absolute atomic E-state index is 0.301. The van der Waals surface area contributed by atoms with E-state index in [0.717, 1.165) is 29.6 Å². The third-order valence-corrected chi connectivity index (χ3v) is 2.46. The number of nitrogens with zero attached hydrogens (tertiary/aromatic N) is 2. The molecular formula is C11H15N3O. The van der Waals surface area contributed by atoms with E-state index in [1.165, 1.54) is 0 Å². The SMILES string of the molecule is CN(C)CCc1c[nH]c2nccc(O)c12. The fourth-order valence-electron chi connectivity index (χ4n) is 1.65. The Morgan fingerprint density at radius 1 is 1.47 bits per heavy atom. The number of rotatable bonds is 3. The highest BCUT2D eigenvalue weighted by atomic mass is 16.3. The van der Waals surface area contributed by atoms with E-state index in [2.05, 4.69) is 14.9 Å². The maximum atomic E-state index is 9.73. The third-order valence-electron chi connectivity index (χ3n) is 2.46. The zero-order chi connectivity index (χ0) is 10.8. The predicted octanol–water partition coefficient (Wildman–Crippen LogP) is 1.37. The molecule has 0 amide bonds. The lowest BCUT2D eigenvalue weighted by atomic mass is 10.1. The largest absolute Gasteiger partial charge is 0.507 e. The van der Waals surface area contributed by atoms with Crippen LogP contribution >= 0.6 is 0 Å². The van der Waals surface area contributed by atoms with E-state index in [1.54, 1.807) is 12.3 Å². The van der Waals surface area contributed by atoms with Crippen molar-refractivity contribution in [3.63, 3.8) is 0 Å². The van der Waals surface area contributed by atoms with Crippen molar-refractivity contribution in [2.75, 3.05) is 20.6 Å². The van der Waals surface area contributed by atoms with Crippen molar-refractivity contribution < 1.29 is 5.11 Å². The smallest absolute Gasteiger partial charge is 0.141 e. The quantitative estimate of drug-likeness (QED) is 0.795. The van der Waals surface area contributed by atoms with Crippen LogP contribution in [0, 0.1) is 0 Å². The number of aromatic amines is 1. The summed E-state index contributed by atoms with van der Waals surface area (Å²) in [6.45, 7) is 0.960. The monoisotopic (exact) mass is 205 g/mol. The van der Waals surface area contributed by atoms with Crippen molar-refractivity contribution >= 4 is 11.0 Å². The van der Waals surface area contributed by atoms with Crippen molar-refractivity contribution in [1.29, 1.82) is 0 Å². The van der Waals surface area contributed by atoms with E-state index in [4.69, 9.17) is 0 Å². The summed E-state index contributed by atoms with van der Waals surface area (Å²) in [6, 6.07) is 1.62. The van der Waals surface area contributed by atoms with Crippen LogP contribution in [0.3, 0.4) is 0 Å². The van der Waals surface area contributed by atoms with Crippen LogP contribution in [0.1, 0.15) is 5.56 Å². The number of nitrogens with one attached hydrogen (secondary N) is 1. The summed E-state index contributed by atoms with van der Waals surface area (Å²) in [6.07, 6.45) is 4.43. The Bertz CT molecular complexity index is 462. The second-order valence-electron chi connectivity index (χ2n) is 3.92. The van der Waals surface area contributed by atoms with E-state index in [9.17, 15) is 5.11 Å². The standard InChI is InChI=1S/C11H15N3O/c1-14(2)6-4-8-7-13-11-10(8)9(15)3-5-12-11/h3,5,7H,4,6H2,1-2H3,(H2,12,13,15). The molecule has 0 atom stereocenters. The van der Waals surface area contributed by atoms with Gasteiger partial charge in [0.15, 0.2) is 0 Å². The first-order valence-corrected chi connectivity index (χ1v) is 4.97. The average Bonchev–Trinajstić information content (AvgIpc) is 2.59. The molecule has 0 radical (unpaired) electrons. The first-order valence-electron chi connectivity index (χ1n) is 4.97. The third kappa shape index (κ3) is 1.94. The Kier molecular flexibility index (Phi) is 2.60. The first-order chi connectivity index (χ1) is 7.18. The molecule has 0 saturated carbocycles. The normalized spacial score (nSPS) is 11.4. The number of hydrogen-bond donors (Lipinski definition) is 2. The molecule has 0 aliphatic heterocycles. The number of fused-ring (bicyclic) bond motifs is 1. The van der Waals surface area contributed by atoms with Gasteiger partial charge in [-0.2, -0.15) is 0 Å². The van der Waals surface area contributed by atoms with Crippen LogP contribution in [0.5, 0.6) is 5.75 Å². The van der Waals surface area contributed by atoms with Crippen LogP contribution in [-0.2, 0) is 6.42 Å². The Morgan fingerprint density at radius 3 is 3.00 bits per heavy atom. The summed E-state index contributed by atoms with van der Waals surface area (Å²) < 4.78 is 0. The molecule has 0 spiro atoms. The number of pyridine rings is 1. The minimum Gasteiger partial charge on any atom is -0.507 e. The lowest BCUT2D eigenvalue weighted by Crippen LogP contribution is -2.14. The molecule has 4 nitrogen and oxygen atoms in total. The summed E-state index contributed by atoms with van der Waals surface area (Å²) in [4.78, 5) is 9.34. The number of likely N-dealkylation sites (N-methyl/N-ethyl adjacent to an activating group) is 1. The highest BCUT2D eigenvalue weighted by Gasteiger charge is 2.08. The molecule has 2 aromatic heterocycles. The molecule has 2 aromatic rings. The molecule has 0 unspecified atom stereocenters. The Morgan fingerprint density at radius 2 is 2.27 bits per heavy atom. The number of aromatic hydroxyl groups is 1. The zero-order valence-corrected chi connectivity index (χ0v) is 8.99. The molecule has 2 rings (SSSR count). The lowest BCUT2D eigenvalue weighted by Gasteiger charge is -2.08. The molecule has 0 saturated heterocycles. The lowest BCUT2D eigenvalue weighted by molar-refractivity contribution is 0.414. The Hall–Kier alpha value is -1.55. The van der Waals surface area contributed by atoms with Gasteiger partial charge in [0.25, 0.3) is 0 Å². The van der Waals surface area contributed by atoms with Crippen molar-refractivity contribution in [1.82, 2.24) is 14.9 Å². The first kappa shape index (κ1) is 9.98. The fraction of sp³-hybridized carbons (Fsp3) is 0.364. The summed E-state index contributed by atoms with van der Waals surface area (Å²) in [5.74, 6) is 0.301. The van der Waals surface area contributed by atoms with Crippen molar-refractivity contribution in [3.8, 4) is 5.75 Å². The van der Waals surface area contributed by atoms with E-state index in [1.807, 2.05) is 20.3 Å². The maximum Gasteiger partial charge on any atom is 0.141 e. The van der Waals surface area contributed by atoms with Crippen LogP contribution in [0.15, 0.2) is 18.5 Å². The molecule has 0 aliphatic rings. The molecule has 80 valence electrons. The molecule has 4 heteroatoms. The topological polar surface area (TPSA) is 52.2 Å². The summed E-state index contributed by atoms with van der Waals surface area (Å²) in [5.41, 5.74) is 1.87. The molecule has 0 bridgehead atoms. The van der Waals surface area contributed by atoms with Gasteiger partial charge in [-0.05, 0) is 32.1 Å². The van der Waals surface area contributed by atoms with Gasteiger partial charge in [-0.15, -0.1) is 0 Å². The van der Waals surface area contributed by atoms with Gasteiger partial charge in [0.1, 0.15) is 11.4 Å². The van der Waals surface area contributed by atoms with Crippen molar-refractivity contribution in [3.05, 3.63) is 24.0 Å². The van der Waals surface area contributed by atoms with Gasteiger partial charge in [-0.1, -0.05) is 0 Å². The van der Waals surface area contributed by atoms with E-state index in [0.29, 0.717) is 5.75 Å². The van der Waals surface area contributed by atoms with Crippen LogP contribution in [0.25, 0.3) is 11.0 Å². The maximum absolute atomic E-state index is 9.73. The van der Waals surface area contributed by atoms with E-state index in [-0.39, 0.29) is 0 Å². The number of H-pyrrole nitrogens is 1. The van der Waals surface area contributed by atoms with E-state index < -0.39 is 0 Å². The molecule has 0 aliphatic carbocycles. The van der Waals surface area contributed by atoms with Crippen LogP contribution in [0.4, 0.5) is 0 Å². The van der Waals surface area contributed by atoms with Crippen LogP contribution < -0.4 is 0 Å². The van der Waals surface area contributed by atoms with Crippen LogP contribution in [-0.4, -0.2) is 40.6 Å². The Balaban J connectivity index is 2.35. The van der Waals surface area contributed by atoms with Gasteiger partial charge in [-0.3, -0.25) is 0 Å². The number of hydrogen-bond acceptors (Lipinski definition) is 3. The summed E-state index contributed by atoms with van der Waals surface area (Å²) in [5, 5.41) is 10.6. The van der Waals surface area contributed by atoms with Crippen molar-refractivity contribution in [2.24, 2.45) is 0 Å². The molecule has 2 N–H and O–H groups in total. The van der Waals surface area contributed by atoms with E-state index >= 15 is 0 Å². The number of aromatic nitrogens is 2. The van der Waals surface area contributed by atoms with Crippen molar-refractivity contribution in [2.45, 2.75) is 6.42 Å². The highest BCUT2D eigenvalue weighted by molar-refractivity contribution is 5.85. The second kappa shape index (κ2) is 3.90. The second-order valence-corrected chi connectivity index (χ2v) is 3.92. The Labute approximate surface area is 88.6 Å². The van der Waals surface area contributed by atoms with Gasteiger partial charge in [0, 0.05) is 18.9 Å². The molecular weight excluding hydrogens is 190 g/mol. The van der Waals surface area contributed by atoms with Gasteiger partial charge in [-0.25, -0.2) is 4.98 Å². The zero-order valence-electron chi connectivity index (χ0n) is 8.99. The highest BCUT2D eigenvalue weighted by Crippen LogP contribution is 2.26. The van der Waals surface area contributed by atoms with Gasteiger partial charge in [0.05, 0.1) is 5.39 Å². The van der Waals surface area contributed by atoms with Gasteiger partial charge >= 0.3 is 0 Å². The minimum atomic E-state index is 0.301. The van der Waals surface area contributed by atoms with Crippen LogP contribution in [0.2, 0.25) is 0 Å². The molecule has 0 fully saturated rings. The fourth-order valence-corrected chi connectivity index (χ4v) is 1.65. The molecule has 15 heavy (non-hydrogen) atoms. The molecule has 0 aromatic carbocycles. The van der Waals surface area contributed by atoms with Gasteiger partial charge in [0.2, 0.25) is 0 Å². The predicted molar refractivity (Wildman–Crippen MR) is 60.0 cm³/mol. The summed E-state index contributed by atoms with van der Waals surface area (Å²) in [7, 11) is 4.07. The summed E-state index contributed by atoms with van der Waals surface area (Å²) >= 11 is 0.